The molecule has 0 bridgehead atoms. The molecule has 2 fully saturated rings. The van der Waals surface area contributed by atoms with Crippen molar-refractivity contribution in [2.24, 2.45) is 5.92 Å². The van der Waals surface area contributed by atoms with E-state index in [-0.39, 0.29) is 48.2 Å². The normalized spacial score (nSPS) is 24.5. The highest BCUT2D eigenvalue weighted by atomic mass is 32.2. The lowest BCUT2D eigenvalue weighted by molar-refractivity contribution is -0.129. The van der Waals surface area contributed by atoms with Gasteiger partial charge in [-0.2, -0.15) is 0 Å². The number of anilines is 2. The first-order valence-corrected chi connectivity index (χ1v) is 10.2. The molecule has 9 heteroatoms. The summed E-state index contributed by atoms with van der Waals surface area (Å²) in [5, 5.41) is 5.40. The molecule has 0 aromatic heterocycles. The third kappa shape index (κ3) is 4.21. The number of nitrogens with zero attached hydrogens (tertiary/aromatic N) is 1. The molecule has 2 heterocycles. The Morgan fingerprint density at radius 3 is 2.27 bits per heavy atom. The van der Waals surface area contributed by atoms with Gasteiger partial charge in [0.15, 0.2) is 9.84 Å². The minimum atomic E-state index is -3.08. The van der Waals surface area contributed by atoms with Crippen molar-refractivity contribution in [1.29, 1.82) is 0 Å². The summed E-state index contributed by atoms with van der Waals surface area (Å²) in [6, 6.07) is 6.36. The number of hydrogen-bond acceptors (Lipinski definition) is 5. The average Bonchev–Trinajstić information content (AvgIpc) is 3.11. The van der Waals surface area contributed by atoms with Crippen LogP contribution in [-0.2, 0) is 24.2 Å². The summed E-state index contributed by atoms with van der Waals surface area (Å²) in [5.41, 5.74) is 1.19. The molecule has 2 aliphatic rings. The van der Waals surface area contributed by atoms with Gasteiger partial charge in [0.25, 0.3) is 0 Å². The van der Waals surface area contributed by atoms with Gasteiger partial charge in [-0.15, -0.1) is 0 Å². The van der Waals surface area contributed by atoms with Gasteiger partial charge in [-0.1, -0.05) is 0 Å². The Bertz CT molecular complexity index is 834. The maximum absolute atomic E-state index is 12.4. The number of carbonyl (C=O) groups excluding carboxylic acids is 3. The highest BCUT2D eigenvalue weighted by Gasteiger charge is 2.41. The molecule has 2 saturated heterocycles. The number of amides is 3. The number of hydrogen-bond donors (Lipinski definition) is 2. The average molecular weight is 379 g/mol. The lowest BCUT2D eigenvalue weighted by atomic mass is 10.1. The topological polar surface area (TPSA) is 113 Å². The number of nitrogens with one attached hydrogen (secondary N) is 2. The maximum Gasteiger partial charge on any atom is 0.229 e. The summed E-state index contributed by atoms with van der Waals surface area (Å²) in [6.07, 6.45) is 0.527. The van der Waals surface area contributed by atoms with Gasteiger partial charge >= 0.3 is 0 Å². The van der Waals surface area contributed by atoms with E-state index in [4.69, 9.17) is 0 Å². The van der Waals surface area contributed by atoms with E-state index in [0.717, 1.165) is 0 Å². The smallest absolute Gasteiger partial charge is 0.229 e. The minimum absolute atomic E-state index is 0.0162. The Hall–Kier alpha value is -2.42. The summed E-state index contributed by atoms with van der Waals surface area (Å²) >= 11 is 0. The van der Waals surface area contributed by atoms with Gasteiger partial charge in [0, 0.05) is 37.3 Å². The van der Waals surface area contributed by atoms with Crippen molar-refractivity contribution in [3.05, 3.63) is 24.3 Å². The molecule has 0 unspecified atom stereocenters. The number of benzene rings is 1. The molecule has 0 spiro atoms. The van der Waals surface area contributed by atoms with E-state index in [1.54, 1.807) is 24.3 Å². The Morgan fingerprint density at radius 1 is 1.12 bits per heavy atom. The number of rotatable bonds is 4. The highest BCUT2D eigenvalue weighted by molar-refractivity contribution is 7.91. The van der Waals surface area contributed by atoms with Crippen LogP contribution in [0.5, 0.6) is 0 Å². The molecule has 2 atom stereocenters. The molecule has 3 amide bonds. The van der Waals surface area contributed by atoms with Gasteiger partial charge in [0.1, 0.15) is 0 Å². The predicted molar refractivity (Wildman–Crippen MR) is 96.3 cm³/mol. The Kier molecular flexibility index (Phi) is 4.99. The van der Waals surface area contributed by atoms with Crippen LogP contribution in [0.1, 0.15) is 19.8 Å². The summed E-state index contributed by atoms with van der Waals surface area (Å²) in [5.74, 6) is -1.04. The lowest BCUT2D eigenvalue weighted by Crippen LogP contribution is -2.38. The van der Waals surface area contributed by atoms with Crippen molar-refractivity contribution in [1.82, 2.24) is 4.90 Å². The van der Waals surface area contributed by atoms with Gasteiger partial charge in [-0.05, 0) is 30.7 Å². The third-order valence-electron chi connectivity index (χ3n) is 4.65. The maximum atomic E-state index is 12.4. The zero-order valence-electron chi connectivity index (χ0n) is 14.4. The summed E-state index contributed by atoms with van der Waals surface area (Å²) < 4.78 is 23.2. The highest BCUT2D eigenvalue weighted by Crippen LogP contribution is 2.27. The fraction of sp³-hybridized carbons (Fsp3) is 0.471. The van der Waals surface area contributed by atoms with Crippen LogP contribution < -0.4 is 10.6 Å². The minimum Gasteiger partial charge on any atom is -0.338 e. The molecule has 26 heavy (non-hydrogen) atoms. The SMILES string of the molecule is CC(=O)Nc1ccc(NC(=O)[C@H]2CC(=O)N([C@H]3CCS(=O)(=O)C3)C2)cc1. The molecule has 8 nitrogen and oxygen atoms in total. The first kappa shape index (κ1) is 18.4. The number of sulfone groups is 1. The Balaban J connectivity index is 1.59. The van der Waals surface area contributed by atoms with Gasteiger partial charge in [0.05, 0.1) is 17.4 Å². The van der Waals surface area contributed by atoms with Crippen molar-refractivity contribution in [3.63, 3.8) is 0 Å². The molecular formula is C17H21N3O5S. The molecule has 0 radical (unpaired) electrons. The molecule has 2 N–H and O–H groups in total. The van der Waals surface area contributed by atoms with Crippen LogP contribution in [0.15, 0.2) is 24.3 Å². The molecule has 1 aromatic rings. The van der Waals surface area contributed by atoms with Crippen molar-refractivity contribution < 1.29 is 22.8 Å². The third-order valence-corrected chi connectivity index (χ3v) is 6.40. The molecular weight excluding hydrogens is 358 g/mol. The zero-order valence-corrected chi connectivity index (χ0v) is 15.2. The predicted octanol–water partition coefficient (Wildman–Crippen LogP) is 0.619. The molecule has 0 saturated carbocycles. The van der Waals surface area contributed by atoms with E-state index in [9.17, 15) is 22.8 Å². The van der Waals surface area contributed by atoms with E-state index in [1.807, 2.05) is 0 Å². The van der Waals surface area contributed by atoms with E-state index in [2.05, 4.69) is 10.6 Å². The van der Waals surface area contributed by atoms with Gasteiger partial charge in [0.2, 0.25) is 17.7 Å². The van der Waals surface area contributed by atoms with E-state index < -0.39 is 15.8 Å². The van der Waals surface area contributed by atoms with Crippen LogP contribution in [0, 0.1) is 5.92 Å². The molecule has 2 aliphatic heterocycles. The largest absolute Gasteiger partial charge is 0.338 e. The Labute approximate surface area is 151 Å². The van der Waals surface area contributed by atoms with Crippen LogP contribution in [0.2, 0.25) is 0 Å². The molecule has 3 rings (SSSR count). The van der Waals surface area contributed by atoms with Crippen LogP contribution in [0.3, 0.4) is 0 Å². The lowest BCUT2D eigenvalue weighted by Gasteiger charge is -2.22. The fourth-order valence-electron chi connectivity index (χ4n) is 3.37. The van der Waals surface area contributed by atoms with Crippen molar-refractivity contribution in [2.75, 3.05) is 28.7 Å². The quantitative estimate of drug-likeness (QED) is 0.796. The first-order valence-electron chi connectivity index (χ1n) is 8.42. The zero-order chi connectivity index (χ0) is 18.9. The number of likely N-dealkylation sites (tertiary alicyclic amines) is 1. The van der Waals surface area contributed by atoms with Gasteiger partial charge < -0.3 is 15.5 Å². The van der Waals surface area contributed by atoms with E-state index >= 15 is 0 Å². The Morgan fingerprint density at radius 2 is 1.73 bits per heavy atom. The first-order chi connectivity index (χ1) is 12.2. The molecule has 0 aliphatic carbocycles. The van der Waals surface area contributed by atoms with Gasteiger partial charge in [-0.3, -0.25) is 14.4 Å². The van der Waals surface area contributed by atoms with Crippen LogP contribution >= 0.6 is 0 Å². The van der Waals surface area contributed by atoms with Crippen LogP contribution in [0.4, 0.5) is 11.4 Å². The second kappa shape index (κ2) is 7.06. The van der Waals surface area contributed by atoms with Crippen molar-refractivity contribution >= 4 is 38.9 Å². The summed E-state index contributed by atoms with van der Waals surface area (Å²) in [7, 11) is -3.08. The molecule has 140 valence electrons. The standard InChI is InChI=1S/C17H21N3O5S/c1-11(21)18-13-2-4-14(5-3-13)19-17(23)12-8-16(22)20(9-12)15-6-7-26(24,25)10-15/h2-5,12,15H,6-10H2,1H3,(H,18,21)(H,19,23)/t12-,15-/m0/s1. The second-order valence-electron chi connectivity index (χ2n) is 6.75. The van der Waals surface area contributed by atoms with Crippen molar-refractivity contribution in [3.8, 4) is 0 Å². The van der Waals surface area contributed by atoms with Crippen LogP contribution in [0.25, 0.3) is 0 Å². The van der Waals surface area contributed by atoms with Crippen LogP contribution in [-0.4, -0.2) is 55.1 Å². The van der Waals surface area contributed by atoms with E-state index in [0.29, 0.717) is 17.8 Å². The molecule has 1 aromatic carbocycles. The van der Waals surface area contributed by atoms with E-state index in [1.165, 1.54) is 11.8 Å². The van der Waals surface area contributed by atoms with Gasteiger partial charge in [-0.25, -0.2) is 8.42 Å². The summed E-state index contributed by atoms with van der Waals surface area (Å²) in [4.78, 5) is 37.2. The summed E-state index contributed by atoms with van der Waals surface area (Å²) in [6.45, 7) is 1.66. The monoisotopic (exact) mass is 379 g/mol. The van der Waals surface area contributed by atoms with Crippen molar-refractivity contribution in [2.45, 2.75) is 25.8 Å². The fourth-order valence-corrected chi connectivity index (χ4v) is 5.10. The second-order valence-corrected chi connectivity index (χ2v) is 8.98. The number of carbonyl (C=O) groups is 3.